The van der Waals surface area contributed by atoms with E-state index in [4.69, 9.17) is 23.7 Å². The van der Waals surface area contributed by atoms with Crippen LogP contribution >= 0.6 is 0 Å². The van der Waals surface area contributed by atoms with Gasteiger partial charge in [0.15, 0.2) is 11.3 Å². The number of para-hydroxylation sites is 4. The van der Waals surface area contributed by atoms with Crippen LogP contribution in [0.2, 0.25) is 0 Å². The molecule has 8 aromatic carbocycles. The van der Waals surface area contributed by atoms with Gasteiger partial charge in [-0.25, -0.2) is 28.7 Å². The van der Waals surface area contributed by atoms with E-state index in [1.807, 2.05) is 225 Å². The first kappa shape index (κ1) is 78.5. The van der Waals surface area contributed by atoms with Gasteiger partial charge in [0.1, 0.15) is 62.7 Å². The first-order chi connectivity index (χ1) is 58.2. The van der Waals surface area contributed by atoms with Crippen molar-refractivity contribution >= 4 is 50.0 Å². The second-order valence-corrected chi connectivity index (χ2v) is 30.1. The molecule has 16 aromatic rings. The minimum Gasteiger partial charge on any atom is -0.493 e. The standard InChI is InChI=1S/C23H19F2N3O3.2C23H21N3O4.C22H18N4O3/c24-23(25)11-22(30,12-23)13-31-17-8-6-15(7-9-17)18-10-28(16-4-2-1-3-5-16)20-19(18)21(29)27-14-26-20;27-22-21-20(24-15-25-22)19(12-26(21)17-4-2-1-3-5-17)16-6-8-18(9-7-16)30-11-10-23(28)13-29-14-23;27-22-20-19(12-26(21(20)24-15-25-22)17-4-2-1-3-5-17)16-6-8-18(9-7-16)30-11-10-23(28)13-29-14-23;27-17-10-25(11-17)22(29)15-8-6-14(7-9-15)18-12-26(16-4-2-1-3-5-16)20-19(18)23-13-24-21(20)28/h1-10,14,30H,11-13H2,(H,26,27,29);2*1-9,12,15,28H,10-11,13-14H2,(H,24,25,27);1-9,12-13,17,27H,10-11H2,(H,23,24,28). The molecule has 606 valence electrons. The number of fused-ring (bicyclic) bond motifs is 4. The second-order valence-electron chi connectivity index (χ2n) is 30.1. The molecule has 1 amide bonds. The minimum absolute atomic E-state index is 0.0943. The number of carbonyl (C=O) groups is 1. The fourth-order valence-corrected chi connectivity index (χ4v) is 15.0. The van der Waals surface area contributed by atoms with Crippen LogP contribution in [0.5, 0.6) is 17.2 Å². The molecule has 29 heteroatoms. The number of carbonyl (C=O) groups excluding carboxylic acids is 1. The van der Waals surface area contributed by atoms with E-state index >= 15 is 0 Å². The average Bonchev–Trinajstić information content (AvgIpc) is 1.53. The van der Waals surface area contributed by atoms with Gasteiger partial charge in [-0.05, 0) is 119 Å². The van der Waals surface area contributed by atoms with Gasteiger partial charge in [-0.1, -0.05) is 121 Å². The number of nitrogens with zero attached hydrogens (tertiary/aromatic N) is 9. The average molecular weight is 1620 g/mol. The van der Waals surface area contributed by atoms with Gasteiger partial charge in [0.25, 0.3) is 34.1 Å². The molecule has 0 radical (unpaired) electrons. The van der Waals surface area contributed by atoms with Crippen LogP contribution in [0.15, 0.2) is 288 Å². The lowest BCUT2D eigenvalue weighted by atomic mass is 9.77. The number of aliphatic hydroxyl groups excluding tert-OH is 1. The Balaban J connectivity index is 0.000000114. The Bertz CT molecular complexity index is 6600. The van der Waals surface area contributed by atoms with Gasteiger partial charge in [-0.2, -0.15) is 0 Å². The van der Waals surface area contributed by atoms with E-state index in [-0.39, 0.29) is 34.8 Å². The number of ether oxygens (including phenoxy) is 5. The number of aromatic amines is 4. The maximum Gasteiger partial charge on any atom is 0.275 e. The third-order valence-corrected chi connectivity index (χ3v) is 21.4. The largest absolute Gasteiger partial charge is 0.493 e. The molecule has 4 fully saturated rings. The lowest BCUT2D eigenvalue weighted by Gasteiger charge is -2.42. The Morgan fingerprint density at radius 3 is 1.11 bits per heavy atom. The molecule has 8 aromatic heterocycles. The topological polar surface area (TPSA) is 350 Å². The predicted octanol–water partition coefficient (Wildman–Crippen LogP) is 11.9. The molecule has 4 aliphatic rings. The molecule has 1 saturated carbocycles. The summed E-state index contributed by atoms with van der Waals surface area (Å²) in [7, 11) is 0. The minimum atomic E-state index is -2.82. The number of aliphatic hydroxyl groups is 4. The van der Waals surface area contributed by atoms with E-state index in [1.165, 1.54) is 25.3 Å². The first-order valence-electron chi connectivity index (χ1n) is 38.8. The normalized spacial score (nSPS) is 15.3. The fourth-order valence-electron chi connectivity index (χ4n) is 15.0. The fraction of sp³-hybridized carbons (Fsp3) is 0.198. The van der Waals surface area contributed by atoms with E-state index in [9.17, 15) is 53.2 Å². The van der Waals surface area contributed by atoms with Gasteiger partial charge in [0, 0.05) is 114 Å². The van der Waals surface area contributed by atoms with Crippen molar-refractivity contribution in [1.29, 1.82) is 0 Å². The summed E-state index contributed by atoms with van der Waals surface area (Å²) in [5.74, 6) is -1.04. The van der Waals surface area contributed by atoms with Crippen molar-refractivity contribution in [3.8, 4) is 84.5 Å². The zero-order valence-corrected chi connectivity index (χ0v) is 64.3. The molecule has 8 N–H and O–H groups in total. The number of amides is 1. The Hall–Kier alpha value is -14.1. The Morgan fingerprint density at radius 2 is 0.750 bits per heavy atom. The lowest BCUT2D eigenvalue weighted by Crippen LogP contribution is -2.55. The number of benzene rings is 8. The summed E-state index contributed by atoms with van der Waals surface area (Å²) in [4.78, 5) is 92.4. The van der Waals surface area contributed by atoms with Gasteiger partial charge < -0.3 is 87.2 Å². The molecule has 3 saturated heterocycles. The third kappa shape index (κ3) is 16.6. The highest BCUT2D eigenvalue weighted by molar-refractivity contribution is 5.99. The van der Waals surface area contributed by atoms with Crippen molar-refractivity contribution in [1.82, 2.24) is 63.0 Å². The monoisotopic (exact) mass is 1620 g/mol. The summed E-state index contributed by atoms with van der Waals surface area (Å²) in [6.07, 6.45) is 12.7. The predicted molar refractivity (Wildman–Crippen MR) is 447 cm³/mol. The van der Waals surface area contributed by atoms with Gasteiger partial charge in [0.2, 0.25) is 0 Å². The number of nitrogens with one attached hydrogen (secondary N) is 4. The van der Waals surface area contributed by atoms with Crippen LogP contribution in [-0.4, -0.2) is 178 Å². The number of hydrogen-bond donors (Lipinski definition) is 8. The number of alkyl halides is 2. The van der Waals surface area contributed by atoms with Crippen LogP contribution in [-0.2, 0) is 9.47 Å². The quantitative estimate of drug-likeness (QED) is 0.0351. The Morgan fingerprint density at radius 1 is 0.417 bits per heavy atom. The number of H-pyrrole nitrogens is 4. The Labute approximate surface area is 681 Å². The number of aromatic nitrogens is 12. The highest BCUT2D eigenvalue weighted by atomic mass is 19.3. The molecule has 1 aliphatic carbocycles. The van der Waals surface area contributed by atoms with Crippen molar-refractivity contribution in [3.63, 3.8) is 0 Å². The highest BCUT2D eigenvalue weighted by Crippen LogP contribution is 2.46. The molecule has 0 bridgehead atoms. The van der Waals surface area contributed by atoms with Crippen LogP contribution in [0.1, 0.15) is 36.0 Å². The van der Waals surface area contributed by atoms with E-state index in [0.29, 0.717) is 132 Å². The number of halogens is 2. The smallest absolute Gasteiger partial charge is 0.275 e. The molecule has 3 aliphatic heterocycles. The van der Waals surface area contributed by atoms with Crippen LogP contribution < -0.4 is 36.4 Å². The summed E-state index contributed by atoms with van der Waals surface area (Å²) in [5.41, 5.74) is 10.3. The van der Waals surface area contributed by atoms with E-state index in [2.05, 4.69) is 39.9 Å². The summed E-state index contributed by atoms with van der Waals surface area (Å²) in [6.45, 7) is 2.85. The maximum atomic E-state index is 13.0. The van der Waals surface area contributed by atoms with Crippen LogP contribution in [0.3, 0.4) is 0 Å². The molecule has 11 heterocycles. The zero-order chi connectivity index (χ0) is 82.7. The molecule has 0 spiro atoms. The maximum absolute atomic E-state index is 13.0. The Kier molecular flexibility index (Phi) is 21.7. The van der Waals surface area contributed by atoms with Gasteiger partial charge in [-0.15, -0.1) is 0 Å². The van der Waals surface area contributed by atoms with E-state index in [1.54, 1.807) is 41.3 Å². The molecule has 0 atom stereocenters. The SMILES string of the molecule is O=C(c1ccc(-c2cn(-c3ccccc3)c3c(=O)[nH]cnc23)cc1)N1CC(O)C1.O=c1[nH]cnc2c(-c3ccc(OCCC4(O)COC4)cc3)cn(-c3ccccc3)c12.O=c1[nH]cnc2c1c(-c1ccc(OCC3(O)CC(F)(F)C3)cc1)cn2-c1ccccc1.O=c1[nH]cnc2c1c(-c1ccc(OCCC3(O)COC3)cc1)cn2-c1ccccc1. The summed E-state index contributed by atoms with van der Waals surface area (Å²) in [6, 6.07) is 68.1. The molecular weight excluding hydrogens is 1540 g/mol. The molecule has 120 heavy (non-hydrogen) atoms. The number of rotatable bonds is 20. The van der Waals surface area contributed by atoms with Crippen molar-refractivity contribution < 1.29 is 57.7 Å². The number of likely N-dealkylation sites (tertiary alicyclic amines) is 1. The summed E-state index contributed by atoms with van der Waals surface area (Å²) >= 11 is 0. The van der Waals surface area contributed by atoms with Crippen molar-refractivity contribution in [2.24, 2.45) is 0 Å². The summed E-state index contributed by atoms with van der Waals surface area (Å²) < 4.78 is 60.7. The van der Waals surface area contributed by atoms with Gasteiger partial charge >= 0.3 is 0 Å². The van der Waals surface area contributed by atoms with Crippen molar-refractivity contribution in [2.45, 2.75) is 54.5 Å². The van der Waals surface area contributed by atoms with Crippen LogP contribution in [0.4, 0.5) is 8.78 Å². The molecule has 27 nitrogen and oxygen atoms in total. The third-order valence-electron chi connectivity index (χ3n) is 21.4. The lowest BCUT2D eigenvalue weighted by molar-refractivity contribution is -0.215. The van der Waals surface area contributed by atoms with Crippen molar-refractivity contribution in [3.05, 3.63) is 315 Å². The molecular formula is C91H79F2N13O14. The van der Waals surface area contributed by atoms with Crippen molar-refractivity contribution in [2.75, 3.05) is 59.3 Å². The number of β-amino-alcohol motifs (C(OH)–C–C–N with tert-alkyl or cyclic N) is 1. The van der Waals surface area contributed by atoms with E-state index < -0.39 is 41.7 Å². The van der Waals surface area contributed by atoms with Crippen LogP contribution in [0.25, 0.3) is 111 Å². The van der Waals surface area contributed by atoms with Crippen LogP contribution in [0, 0.1) is 0 Å². The highest BCUT2D eigenvalue weighted by Gasteiger charge is 2.56. The summed E-state index contributed by atoms with van der Waals surface area (Å²) in [5, 5.41) is 40.6. The van der Waals surface area contributed by atoms with E-state index in [0.717, 1.165) is 67.4 Å². The first-order valence-corrected chi connectivity index (χ1v) is 38.8. The zero-order valence-electron chi connectivity index (χ0n) is 64.3. The number of hydrogen-bond acceptors (Lipinski definition) is 18. The molecule has 0 unspecified atom stereocenters. The van der Waals surface area contributed by atoms with Gasteiger partial charge in [-0.3, -0.25) is 24.0 Å². The molecule has 20 rings (SSSR count). The second kappa shape index (κ2) is 33.1. The van der Waals surface area contributed by atoms with Gasteiger partial charge in [0.05, 0.1) is 81.8 Å².